The monoisotopic (exact) mass is 356 g/mol. The van der Waals surface area contributed by atoms with Crippen LogP contribution in [0.1, 0.15) is 59.5 Å². The van der Waals surface area contributed by atoms with Gasteiger partial charge in [-0.1, -0.05) is 36.7 Å². The minimum absolute atomic E-state index is 0.0474. The van der Waals surface area contributed by atoms with E-state index in [4.69, 9.17) is 4.74 Å². The van der Waals surface area contributed by atoms with Gasteiger partial charge in [-0.05, 0) is 42.9 Å². The van der Waals surface area contributed by atoms with Gasteiger partial charge in [0.05, 0.1) is 17.7 Å². The van der Waals surface area contributed by atoms with Crippen molar-refractivity contribution in [1.29, 1.82) is 0 Å². The topological polar surface area (TPSA) is 63.6 Å². The summed E-state index contributed by atoms with van der Waals surface area (Å²) in [6.07, 6.45) is 1.29. The van der Waals surface area contributed by atoms with E-state index >= 15 is 0 Å². The molecule has 0 aromatic heterocycles. The van der Waals surface area contributed by atoms with Gasteiger partial charge in [0.2, 0.25) is 0 Å². The van der Waals surface area contributed by atoms with Crippen LogP contribution in [0, 0.1) is 5.92 Å². The summed E-state index contributed by atoms with van der Waals surface area (Å²) in [5, 5.41) is 9.54. The first-order chi connectivity index (χ1) is 9.83. The second-order valence-corrected chi connectivity index (χ2v) is 6.02. The quantitative estimate of drug-likeness (QED) is 0.779. The van der Waals surface area contributed by atoms with E-state index in [1.807, 2.05) is 20.8 Å². The predicted molar refractivity (Wildman–Crippen MR) is 85.0 cm³/mol. The first-order valence-electron chi connectivity index (χ1n) is 7.08. The summed E-state index contributed by atoms with van der Waals surface area (Å²) in [4.78, 5) is 23.7. The van der Waals surface area contributed by atoms with Crippen LogP contribution in [0.15, 0.2) is 10.5 Å². The summed E-state index contributed by atoms with van der Waals surface area (Å²) >= 11 is 3.50. The van der Waals surface area contributed by atoms with E-state index in [1.165, 1.54) is 0 Å². The Balaban J connectivity index is 3.61. The zero-order valence-electron chi connectivity index (χ0n) is 12.8. The molecular weight excluding hydrogens is 336 g/mol. The number of halogens is 1. The highest BCUT2D eigenvalue weighted by Gasteiger charge is 2.25. The van der Waals surface area contributed by atoms with Gasteiger partial charge in [0, 0.05) is 4.47 Å². The highest BCUT2D eigenvalue weighted by Crippen LogP contribution is 2.31. The molecule has 1 rings (SSSR count). The molecule has 116 valence electrons. The number of ether oxygens (including phenoxy) is 1. The average molecular weight is 357 g/mol. The van der Waals surface area contributed by atoms with Crippen LogP contribution < -0.4 is 0 Å². The second kappa shape index (κ2) is 7.59. The molecule has 0 saturated heterocycles. The van der Waals surface area contributed by atoms with Gasteiger partial charge in [-0.25, -0.2) is 9.59 Å². The first-order valence-corrected chi connectivity index (χ1v) is 7.87. The number of hydrogen-bond donors (Lipinski definition) is 1. The van der Waals surface area contributed by atoms with Crippen LogP contribution in [-0.2, 0) is 17.6 Å². The lowest BCUT2D eigenvalue weighted by Crippen LogP contribution is -2.17. The minimum Gasteiger partial charge on any atom is -0.478 e. The number of aryl methyl sites for hydroxylation is 1. The van der Waals surface area contributed by atoms with Crippen molar-refractivity contribution in [2.24, 2.45) is 5.92 Å². The molecule has 1 aromatic rings. The number of carbonyl (C=O) groups excluding carboxylic acids is 1. The molecule has 0 amide bonds. The van der Waals surface area contributed by atoms with Crippen molar-refractivity contribution in [3.05, 3.63) is 32.8 Å². The van der Waals surface area contributed by atoms with Crippen molar-refractivity contribution in [1.82, 2.24) is 0 Å². The third kappa shape index (κ3) is 4.06. The Morgan fingerprint density at radius 2 is 1.95 bits per heavy atom. The van der Waals surface area contributed by atoms with Crippen LogP contribution >= 0.6 is 15.9 Å². The molecule has 0 heterocycles. The van der Waals surface area contributed by atoms with E-state index in [9.17, 15) is 14.7 Å². The lowest BCUT2D eigenvalue weighted by atomic mass is 9.91. The smallest absolute Gasteiger partial charge is 0.339 e. The van der Waals surface area contributed by atoms with E-state index in [1.54, 1.807) is 13.0 Å². The Labute approximate surface area is 133 Å². The van der Waals surface area contributed by atoms with Crippen molar-refractivity contribution in [2.45, 2.75) is 40.5 Å². The van der Waals surface area contributed by atoms with Crippen LogP contribution in [0.3, 0.4) is 0 Å². The fourth-order valence-corrected chi connectivity index (χ4v) is 3.00. The lowest BCUT2D eigenvalue weighted by Gasteiger charge is -2.17. The highest BCUT2D eigenvalue weighted by atomic mass is 79.9. The van der Waals surface area contributed by atoms with Crippen molar-refractivity contribution in [2.75, 3.05) is 6.61 Å². The summed E-state index contributed by atoms with van der Waals surface area (Å²) in [6, 6.07) is 1.62. The number of carbonyl (C=O) groups is 2. The van der Waals surface area contributed by atoms with E-state index in [0.717, 1.165) is 10.0 Å². The van der Waals surface area contributed by atoms with Gasteiger partial charge in [0.25, 0.3) is 0 Å². The molecule has 0 aliphatic carbocycles. The predicted octanol–water partition coefficient (Wildman–Crippen LogP) is 4.08. The molecule has 1 aromatic carbocycles. The molecule has 0 saturated carbocycles. The van der Waals surface area contributed by atoms with Crippen LogP contribution in [0.2, 0.25) is 0 Å². The van der Waals surface area contributed by atoms with Crippen molar-refractivity contribution in [3.63, 3.8) is 0 Å². The maximum atomic E-state index is 12.1. The Kier molecular flexibility index (Phi) is 6.40. The van der Waals surface area contributed by atoms with E-state index in [-0.39, 0.29) is 23.7 Å². The molecular formula is C16H21BrO4. The maximum Gasteiger partial charge on any atom is 0.339 e. The largest absolute Gasteiger partial charge is 0.478 e. The Hall–Kier alpha value is -1.36. The normalized spacial score (nSPS) is 10.8. The maximum absolute atomic E-state index is 12.1. The molecule has 1 N–H and O–H groups in total. The summed E-state index contributed by atoms with van der Waals surface area (Å²) < 4.78 is 5.78. The van der Waals surface area contributed by atoms with Crippen LogP contribution in [0.5, 0.6) is 0 Å². The molecule has 0 fully saturated rings. The minimum atomic E-state index is -1.10. The fourth-order valence-electron chi connectivity index (χ4n) is 2.25. The molecule has 21 heavy (non-hydrogen) atoms. The molecule has 0 aliphatic rings. The van der Waals surface area contributed by atoms with Crippen molar-refractivity contribution in [3.8, 4) is 0 Å². The lowest BCUT2D eigenvalue weighted by molar-refractivity contribution is 0.0514. The van der Waals surface area contributed by atoms with Gasteiger partial charge >= 0.3 is 11.9 Å². The Morgan fingerprint density at radius 1 is 1.33 bits per heavy atom. The SMILES string of the molecule is CCOC(=O)c1cc(CC)c(Br)c(CC(C)C)c1C(=O)O. The number of aromatic carboxylic acids is 1. The molecule has 0 bridgehead atoms. The van der Waals surface area contributed by atoms with Gasteiger partial charge in [0.1, 0.15) is 0 Å². The Morgan fingerprint density at radius 3 is 2.38 bits per heavy atom. The zero-order chi connectivity index (χ0) is 16.2. The number of esters is 1. The van der Waals surface area contributed by atoms with Crippen molar-refractivity contribution < 1.29 is 19.4 Å². The second-order valence-electron chi connectivity index (χ2n) is 5.23. The van der Waals surface area contributed by atoms with Gasteiger partial charge in [-0.3, -0.25) is 0 Å². The van der Waals surface area contributed by atoms with Crippen LogP contribution in [-0.4, -0.2) is 23.7 Å². The van der Waals surface area contributed by atoms with Gasteiger partial charge in [-0.15, -0.1) is 0 Å². The Bertz CT molecular complexity index is 550. The first kappa shape index (κ1) is 17.7. The van der Waals surface area contributed by atoms with Crippen LogP contribution in [0.25, 0.3) is 0 Å². The number of carboxylic acids is 1. The number of carboxylic acid groups (broad SMARTS) is 1. The molecule has 4 nitrogen and oxygen atoms in total. The van der Waals surface area contributed by atoms with Gasteiger partial charge in [0.15, 0.2) is 0 Å². The van der Waals surface area contributed by atoms with Crippen molar-refractivity contribution >= 4 is 27.9 Å². The summed E-state index contributed by atoms with van der Waals surface area (Å²) in [6.45, 7) is 7.91. The average Bonchev–Trinajstić information content (AvgIpc) is 2.39. The van der Waals surface area contributed by atoms with Crippen LogP contribution in [0.4, 0.5) is 0 Å². The standard InChI is InChI=1S/C16H21BrO4/c1-5-10-8-12(16(20)21-6-2)13(15(18)19)11(14(10)17)7-9(3)4/h8-9H,5-7H2,1-4H3,(H,18,19). The summed E-state index contributed by atoms with van der Waals surface area (Å²) in [7, 11) is 0. The molecule has 5 heteroatoms. The molecule has 0 aliphatic heterocycles. The van der Waals surface area contributed by atoms with E-state index < -0.39 is 11.9 Å². The summed E-state index contributed by atoms with van der Waals surface area (Å²) in [5.41, 5.74) is 1.77. The molecule has 0 spiro atoms. The van der Waals surface area contributed by atoms with E-state index in [2.05, 4.69) is 15.9 Å². The third-order valence-corrected chi connectivity index (χ3v) is 4.13. The fraction of sp³-hybridized carbons (Fsp3) is 0.500. The highest BCUT2D eigenvalue weighted by molar-refractivity contribution is 9.10. The molecule has 0 unspecified atom stereocenters. The third-order valence-electron chi connectivity index (χ3n) is 3.14. The zero-order valence-corrected chi connectivity index (χ0v) is 14.4. The summed E-state index contributed by atoms with van der Waals surface area (Å²) in [5.74, 6) is -1.40. The number of benzene rings is 1. The molecule has 0 atom stereocenters. The molecule has 0 radical (unpaired) electrons. The van der Waals surface area contributed by atoms with Gasteiger partial charge < -0.3 is 9.84 Å². The number of hydrogen-bond acceptors (Lipinski definition) is 3. The van der Waals surface area contributed by atoms with E-state index in [0.29, 0.717) is 18.4 Å². The van der Waals surface area contributed by atoms with Gasteiger partial charge in [-0.2, -0.15) is 0 Å². The number of rotatable bonds is 6.